The molecule has 25 heavy (non-hydrogen) atoms. The molecule has 9 heteroatoms. The Bertz CT molecular complexity index is 777. The molecule has 0 aliphatic rings. The average molecular weight is 403 g/mol. The Kier molecular flexibility index (Phi) is 7.42. The highest BCUT2D eigenvalue weighted by Crippen LogP contribution is 2.20. The lowest BCUT2D eigenvalue weighted by Crippen LogP contribution is -2.38. The molecule has 0 atom stereocenters. The molecule has 0 unspecified atom stereocenters. The van der Waals surface area contributed by atoms with E-state index in [0.717, 1.165) is 32.7 Å². The SMILES string of the molecule is CN(CC(=O)NCCCSc1ccc(F)cc1)S(=O)(=O)c1cccs1. The van der Waals surface area contributed by atoms with Gasteiger partial charge in [-0.3, -0.25) is 4.79 Å². The number of benzene rings is 1. The number of carbonyl (C=O) groups is 1. The van der Waals surface area contributed by atoms with Gasteiger partial charge in [-0.25, -0.2) is 12.8 Å². The maximum absolute atomic E-state index is 12.8. The van der Waals surface area contributed by atoms with Crippen LogP contribution in [0.15, 0.2) is 50.9 Å². The quantitative estimate of drug-likeness (QED) is 0.517. The van der Waals surface area contributed by atoms with Crippen molar-refractivity contribution < 1.29 is 17.6 Å². The second kappa shape index (κ2) is 9.33. The molecule has 0 saturated carbocycles. The van der Waals surface area contributed by atoms with Gasteiger partial charge in [-0.1, -0.05) is 6.07 Å². The van der Waals surface area contributed by atoms with Crippen molar-refractivity contribution in [3.63, 3.8) is 0 Å². The van der Waals surface area contributed by atoms with Crippen molar-refractivity contribution in [3.05, 3.63) is 47.6 Å². The lowest BCUT2D eigenvalue weighted by atomic mass is 10.4. The van der Waals surface area contributed by atoms with E-state index in [1.807, 2.05) is 0 Å². The molecule has 1 aromatic carbocycles. The summed E-state index contributed by atoms with van der Waals surface area (Å²) < 4.78 is 38.5. The van der Waals surface area contributed by atoms with Crippen LogP contribution in [0.4, 0.5) is 4.39 Å². The Morgan fingerprint density at radius 1 is 1.28 bits per heavy atom. The summed E-state index contributed by atoms with van der Waals surface area (Å²) in [4.78, 5) is 12.8. The first-order valence-corrected chi connectivity index (χ1v) is 10.8. The lowest BCUT2D eigenvalue weighted by Gasteiger charge is -2.15. The maximum atomic E-state index is 12.8. The largest absolute Gasteiger partial charge is 0.355 e. The van der Waals surface area contributed by atoms with Crippen molar-refractivity contribution in [2.24, 2.45) is 0 Å². The third-order valence-electron chi connectivity index (χ3n) is 3.25. The molecule has 1 aromatic heterocycles. The van der Waals surface area contributed by atoms with Gasteiger partial charge in [0.1, 0.15) is 10.0 Å². The predicted molar refractivity (Wildman–Crippen MR) is 98.9 cm³/mol. The highest BCUT2D eigenvalue weighted by Gasteiger charge is 2.23. The number of halogens is 1. The van der Waals surface area contributed by atoms with Gasteiger partial charge in [0, 0.05) is 18.5 Å². The van der Waals surface area contributed by atoms with Crippen LogP contribution in [0.3, 0.4) is 0 Å². The van der Waals surface area contributed by atoms with Gasteiger partial charge < -0.3 is 5.32 Å². The van der Waals surface area contributed by atoms with E-state index in [1.54, 1.807) is 35.3 Å². The Balaban J connectivity index is 1.67. The molecule has 0 spiro atoms. The first-order valence-electron chi connectivity index (χ1n) is 7.54. The van der Waals surface area contributed by atoms with Crippen molar-refractivity contribution in [1.82, 2.24) is 9.62 Å². The van der Waals surface area contributed by atoms with Crippen molar-refractivity contribution in [2.45, 2.75) is 15.5 Å². The second-order valence-electron chi connectivity index (χ2n) is 5.20. The van der Waals surface area contributed by atoms with Gasteiger partial charge in [0.05, 0.1) is 6.54 Å². The molecule has 1 amide bonds. The highest BCUT2D eigenvalue weighted by molar-refractivity contribution is 7.99. The summed E-state index contributed by atoms with van der Waals surface area (Å²) in [5, 5.41) is 4.39. The van der Waals surface area contributed by atoms with Gasteiger partial charge in [0.15, 0.2) is 0 Å². The van der Waals surface area contributed by atoms with E-state index >= 15 is 0 Å². The zero-order valence-corrected chi connectivity index (χ0v) is 16.1. The maximum Gasteiger partial charge on any atom is 0.252 e. The molecule has 0 bridgehead atoms. The third kappa shape index (κ3) is 6.10. The Labute approximate surface area is 155 Å². The number of hydrogen-bond donors (Lipinski definition) is 1. The number of carbonyl (C=O) groups excluding carboxylic acids is 1. The minimum absolute atomic E-state index is 0.217. The van der Waals surface area contributed by atoms with Gasteiger partial charge in [-0.2, -0.15) is 4.31 Å². The molecule has 0 radical (unpaired) electrons. The van der Waals surface area contributed by atoms with Crippen LogP contribution >= 0.6 is 23.1 Å². The average Bonchev–Trinajstić information content (AvgIpc) is 3.11. The molecule has 0 fully saturated rings. The molecule has 0 saturated heterocycles. The van der Waals surface area contributed by atoms with Crippen molar-refractivity contribution in [3.8, 4) is 0 Å². The summed E-state index contributed by atoms with van der Waals surface area (Å²) in [5.41, 5.74) is 0. The number of hydrogen-bond acceptors (Lipinski definition) is 5. The van der Waals surface area contributed by atoms with E-state index < -0.39 is 10.0 Å². The summed E-state index contributed by atoms with van der Waals surface area (Å²) in [6, 6.07) is 9.42. The van der Waals surface area contributed by atoms with Crippen molar-refractivity contribution in [1.29, 1.82) is 0 Å². The first-order chi connectivity index (χ1) is 11.9. The summed E-state index contributed by atoms with van der Waals surface area (Å²) in [5.74, 6) is 0.169. The fraction of sp³-hybridized carbons (Fsp3) is 0.312. The fourth-order valence-electron chi connectivity index (χ4n) is 1.93. The van der Waals surface area contributed by atoms with Crippen LogP contribution in [0.2, 0.25) is 0 Å². The van der Waals surface area contributed by atoms with E-state index in [4.69, 9.17) is 0 Å². The minimum Gasteiger partial charge on any atom is -0.355 e. The van der Waals surface area contributed by atoms with E-state index in [-0.39, 0.29) is 22.5 Å². The van der Waals surface area contributed by atoms with Crippen LogP contribution in [0.25, 0.3) is 0 Å². The topological polar surface area (TPSA) is 66.5 Å². The third-order valence-corrected chi connectivity index (χ3v) is 7.53. The van der Waals surface area contributed by atoms with Gasteiger partial charge in [0.2, 0.25) is 5.91 Å². The van der Waals surface area contributed by atoms with Crippen molar-refractivity contribution >= 4 is 39.0 Å². The van der Waals surface area contributed by atoms with Gasteiger partial charge in [-0.05, 0) is 47.9 Å². The number of amides is 1. The molecular weight excluding hydrogens is 383 g/mol. The van der Waals surface area contributed by atoms with Crippen LogP contribution < -0.4 is 5.32 Å². The number of rotatable bonds is 9. The number of thioether (sulfide) groups is 1. The van der Waals surface area contributed by atoms with Crippen LogP contribution in [0, 0.1) is 5.82 Å². The standard InChI is InChI=1S/C16H19FN2O3S3/c1-19(25(21,22)16-4-2-10-24-16)12-15(20)18-9-3-11-23-14-7-5-13(17)6-8-14/h2,4-8,10H,3,9,11-12H2,1H3,(H,18,20). The molecular formula is C16H19FN2O3S3. The molecule has 136 valence electrons. The van der Waals surface area contributed by atoms with E-state index in [1.165, 1.54) is 25.2 Å². The van der Waals surface area contributed by atoms with E-state index in [0.29, 0.717) is 6.54 Å². The normalized spacial score (nSPS) is 11.6. The van der Waals surface area contributed by atoms with E-state index in [2.05, 4.69) is 5.32 Å². The monoisotopic (exact) mass is 402 g/mol. The fourth-order valence-corrected chi connectivity index (χ4v) is 5.11. The Hall–Kier alpha value is -1.42. The Morgan fingerprint density at radius 3 is 2.64 bits per heavy atom. The Morgan fingerprint density at radius 2 is 2.00 bits per heavy atom. The van der Waals surface area contributed by atoms with E-state index in [9.17, 15) is 17.6 Å². The van der Waals surface area contributed by atoms with Gasteiger partial charge in [-0.15, -0.1) is 23.1 Å². The molecule has 2 rings (SSSR count). The van der Waals surface area contributed by atoms with Crippen LogP contribution in [-0.4, -0.2) is 44.5 Å². The number of thiophene rings is 1. The highest BCUT2D eigenvalue weighted by atomic mass is 32.2. The molecule has 1 heterocycles. The van der Waals surface area contributed by atoms with Crippen LogP contribution in [0.5, 0.6) is 0 Å². The minimum atomic E-state index is -3.61. The summed E-state index contributed by atoms with van der Waals surface area (Å²) in [7, 11) is -2.22. The smallest absolute Gasteiger partial charge is 0.252 e. The van der Waals surface area contributed by atoms with Gasteiger partial charge >= 0.3 is 0 Å². The zero-order chi connectivity index (χ0) is 18.3. The molecule has 1 N–H and O–H groups in total. The second-order valence-corrected chi connectivity index (χ2v) is 9.59. The molecule has 2 aromatic rings. The van der Waals surface area contributed by atoms with Gasteiger partial charge in [0.25, 0.3) is 10.0 Å². The summed E-state index contributed by atoms with van der Waals surface area (Å²) in [6.07, 6.45) is 0.731. The number of nitrogens with zero attached hydrogens (tertiary/aromatic N) is 1. The zero-order valence-electron chi connectivity index (χ0n) is 13.6. The lowest BCUT2D eigenvalue weighted by molar-refractivity contribution is -0.121. The number of nitrogens with one attached hydrogen (secondary N) is 1. The molecule has 5 nitrogen and oxygen atoms in total. The molecule has 0 aliphatic heterocycles. The summed E-state index contributed by atoms with van der Waals surface area (Å²) >= 11 is 2.70. The summed E-state index contributed by atoms with van der Waals surface area (Å²) in [6.45, 7) is 0.241. The number of sulfonamides is 1. The number of likely N-dealkylation sites (N-methyl/N-ethyl adjacent to an activating group) is 1. The first kappa shape index (κ1) is 19.9. The van der Waals surface area contributed by atoms with Crippen LogP contribution in [-0.2, 0) is 14.8 Å². The van der Waals surface area contributed by atoms with Crippen molar-refractivity contribution in [2.75, 3.05) is 25.9 Å². The predicted octanol–water partition coefficient (Wildman–Crippen LogP) is 2.81. The molecule has 0 aliphatic carbocycles. The van der Waals surface area contributed by atoms with Crippen LogP contribution in [0.1, 0.15) is 6.42 Å².